The Morgan fingerprint density at radius 2 is 2.18 bits per heavy atom. The summed E-state index contributed by atoms with van der Waals surface area (Å²) < 4.78 is 0. The monoisotopic (exact) mass is 242 g/mol. The van der Waals surface area contributed by atoms with Gasteiger partial charge in [0.05, 0.1) is 0 Å². The van der Waals surface area contributed by atoms with Crippen LogP contribution in [0.25, 0.3) is 0 Å². The maximum atomic E-state index is 11.6. The molecule has 1 amide bonds. The third-order valence-electron chi connectivity index (χ3n) is 2.38. The Balaban J connectivity index is 2.30. The van der Waals surface area contributed by atoms with Crippen molar-refractivity contribution in [1.82, 2.24) is 5.32 Å². The van der Waals surface area contributed by atoms with Crippen LogP contribution >= 0.6 is 0 Å². The van der Waals surface area contributed by atoms with E-state index in [1.807, 2.05) is 0 Å². The Morgan fingerprint density at radius 3 is 2.65 bits per heavy atom. The number of amides is 1. The van der Waals surface area contributed by atoms with Gasteiger partial charge in [0.2, 0.25) is 6.10 Å². The van der Waals surface area contributed by atoms with Crippen LogP contribution in [0.2, 0.25) is 0 Å². The summed E-state index contributed by atoms with van der Waals surface area (Å²) in [6.45, 7) is 6.79. The van der Waals surface area contributed by atoms with Crippen LogP contribution in [0.4, 0.5) is 0 Å². The van der Waals surface area contributed by atoms with Gasteiger partial charge >= 0.3 is 5.97 Å². The highest BCUT2D eigenvalue weighted by Gasteiger charge is 2.31. The van der Waals surface area contributed by atoms with Crippen molar-refractivity contribution in [2.24, 2.45) is 10.6 Å². The number of carboxylic acid groups (broad SMARTS) is 1. The molecule has 1 aliphatic rings. The van der Waals surface area contributed by atoms with Gasteiger partial charge in [-0.15, -0.1) is 0 Å². The van der Waals surface area contributed by atoms with Crippen LogP contribution < -0.4 is 5.32 Å². The molecule has 0 bridgehead atoms. The zero-order valence-electron chi connectivity index (χ0n) is 10.3. The summed E-state index contributed by atoms with van der Waals surface area (Å²) >= 11 is 0. The van der Waals surface area contributed by atoms with Crippen molar-refractivity contribution in [3.8, 4) is 0 Å². The summed E-state index contributed by atoms with van der Waals surface area (Å²) in [4.78, 5) is 26.9. The van der Waals surface area contributed by atoms with Crippen LogP contribution in [0.5, 0.6) is 0 Å². The first-order valence-electron chi connectivity index (χ1n) is 5.53. The molecule has 0 saturated carbocycles. The number of carbonyl (C=O) groups is 2. The number of nitrogens with zero attached hydrogens (tertiary/aromatic N) is 1. The first-order valence-corrected chi connectivity index (χ1v) is 5.53. The predicted octanol–water partition coefficient (Wildman–Crippen LogP) is 0.768. The van der Waals surface area contributed by atoms with E-state index in [0.717, 1.165) is 6.42 Å². The van der Waals surface area contributed by atoms with E-state index in [1.165, 1.54) is 0 Å². The molecule has 6 nitrogen and oxygen atoms in total. The topological polar surface area (TPSA) is 88.0 Å². The molecule has 2 N–H and O–H groups in total. The van der Waals surface area contributed by atoms with E-state index in [4.69, 9.17) is 9.94 Å². The molecule has 6 heteroatoms. The Labute approximate surface area is 100 Å². The maximum absolute atomic E-state index is 11.6. The number of carboxylic acids is 1. The second-order valence-electron chi connectivity index (χ2n) is 5.24. The van der Waals surface area contributed by atoms with Gasteiger partial charge < -0.3 is 15.3 Å². The molecule has 1 unspecified atom stereocenters. The Bertz CT molecular complexity index is 344. The molecular weight excluding hydrogens is 224 g/mol. The molecule has 1 rings (SSSR count). The van der Waals surface area contributed by atoms with Crippen LogP contribution in [0.3, 0.4) is 0 Å². The molecule has 1 heterocycles. The van der Waals surface area contributed by atoms with E-state index in [9.17, 15) is 9.59 Å². The number of carbonyl (C=O) groups excluding carboxylic acids is 1. The second kappa shape index (κ2) is 5.16. The lowest BCUT2D eigenvalue weighted by atomic mass is 9.92. The SMILES string of the molecule is CC(C)(C)CCNC(=O)C1CC(C(=O)O)=NO1. The number of rotatable bonds is 4. The van der Waals surface area contributed by atoms with E-state index < -0.39 is 12.1 Å². The third-order valence-corrected chi connectivity index (χ3v) is 2.38. The fourth-order valence-corrected chi connectivity index (χ4v) is 1.32. The molecule has 0 radical (unpaired) electrons. The van der Waals surface area contributed by atoms with Crippen molar-refractivity contribution in [1.29, 1.82) is 0 Å². The summed E-state index contributed by atoms with van der Waals surface area (Å²) in [5.74, 6) is -1.45. The normalized spacial score (nSPS) is 19.5. The van der Waals surface area contributed by atoms with Gasteiger partial charge in [-0.3, -0.25) is 4.79 Å². The number of aliphatic carboxylic acids is 1. The lowest BCUT2D eigenvalue weighted by molar-refractivity contribution is -0.131. The van der Waals surface area contributed by atoms with Crippen molar-refractivity contribution in [3.63, 3.8) is 0 Å². The molecule has 0 spiro atoms. The zero-order chi connectivity index (χ0) is 13.1. The van der Waals surface area contributed by atoms with Gasteiger partial charge in [-0.1, -0.05) is 25.9 Å². The lowest BCUT2D eigenvalue weighted by Gasteiger charge is -2.18. The van der Waals surface area contributed by atoms with Crippen molar-refractivity contribution < 1.29 is 19.5 Å². The Hall–Kier alpha value is -1.59. The Morgan fingerprint density at radius 1 is 1.53 bits per heavy atom. The predicted molar refractivity (Wildman–Crippen MR) is 61.6 cm³/mol. The fraction of sp³-hybridized carbons (Fsp3) is 0.727. The molecule has 0 aromatic heterocycles. The van der Waals surface area contributed by atoms with Crippen molar-refractivity contribution in [2.45, 2.75) is 39.7 Å². The van der Waals surface area contributed by atoms with Gasteiger partial charge in [-0.25, -0.2) is 4.79 Å². The van der Waals surface area contributed by atoms with Gasteiger partial charge in [0.15, 0.2) is 5.71 Å². The average molecular weight is 242 g/mol. The minimum atomic E-state index is -1.14. The third kappa shape index (κ3) is 4.42. The van der Waals surface area contributed by atoms with Crippen molar-refractivity contribution in [2.75, 3.05) is 6.54 Å². The van der Waals surface area contributed by atoms with E-state index in [1.54, 1.807) is 0 Å². The first-order chi connectivity index (χ1) is 7.79. The zero-order valence-corrected chi connectivity index (χ0v) is 10.3. The maximum Gasteiger partial charge on any atom is 0.353 e. The van der Waals surface area contributed by atoms with E-state index in [2.05, 4.69) is 31.2 Å². The lowest BCUT2D eigenvalue weighted by Crippen LogP contribution is -2.36. The molecule has 0 aromatic carbocycles. The van der Waals surface area contributed by atoms with Crippen LogP contribution in [0.15, 0.2) is 5.16 Å². The van der Waals surface area contributed by atoms with Crippen molar-refractivity contribution in [3.05, 3.63) is 0 Å². The molecule has 0 saturated heterocycles. The van der Waals surface area contributed by atoms with Crippen LogP contribution in [0.1, 0.15) is 33.6 Å². The summed E-state index contributed by atoms with van der Waals surface area (Å²) in [5, 5.41) is 14.7. The van der Waals surface area contributed by atoms with Crippen LogP contribution in [-0.2, 0) is 14.4 Å². The molecule has 96 valence electrons. The van der Waals surface area contributed by atoms with Crippen molar-refractivity contribution >= 4 is 17.6 Å². The smallest absolute Gasteiger partial charge is 0.353 e. The van der Waals surface area contributed by atoms with Crippen LogP contribution in [0, 0.1) is 5.41 Å². The Kier molecular flexibility index (Phi) is 4.09. The first kappa shape index (κ1) is 13.5. The quantitative estimate of drug-likeness (QED) is 0.762. The molecule has 1 aliphatic heterocycles. The highest BCUT2D eigenvalue weighted by molar-refractivity contribution is 6.36. The highest BCUT2D eigenvalue weighted by atomic mass is 16.6. The van der Waals surface area contributed by atoms with Gasteiger partial charge in [-0.05, 0) is 11.8 Å². The second-order valence-corrected chi connectivity index (χ2v) is 5.24. The number of hydrogen-bond donors (Lipinski definition) is 2. The number of nitrogens with one attached hydrogen (secondary N) is 1. The summed E-state index contributed by atoms with van der Waals surface area (Å²) in [5.41, 5.74) is 0.0352. The minimum absolute atomic E-state index is 0.0245. The highest BCUT2D eigenvalue weighted by Crippen LogP contribution is 2.17. The average Bonchev–Trinajstić information content (AvgIpc) is 2.63. The van der Waals surface area contributed by atoms with Gasteiger partial charge in [0.1, 0.15) is 0 Å². The van der Waals surface area contributed by atoms with E-state index in [0.29, 0.717) is 6.54 Å². The minimum Gasteiger partial charge on any atom is -0.477 e. The largest absolute Gasteiger partial charge is 0.477 e. The molecule has 1 atom stereocenters. The molecular formula is C11H18N2O4. The molecule has 0 aliphatic carbocycles. The van der Waals surface area contributed by atoms with Gasteiger partial charge in [-0.2, -0.15) is 0 Å². The van der Waals surface area contributed by atoms with Gasteiger partial charge in [0.25, 0.3) is 5.91 Å². The summed E-state index contributed by atoms with van der Waals surface area (Å²) in [6.07, 6.45) is 0.0653. The van der Waals surface area contributed by atoms with Gasteiger partial charge in [0, 0.05) is 13.0 Å². The number of oxime groups is 1. The molecule has 0 fully saturated rings. The summed E-state index contributed by atoms with van der Waals surface area (Å²) in [7, 11) is 0. The fourth-order valence-electron chi connectivity index (χ4n) is 1.32. The van der Waals surface area contributed by atoms with Crippen LogP contribution in [-0.4, -0.2) is 35.3 Å². The molecule has 17 heavy (non-hydrogen) atoms. The van der Waals surface area contributed by atoms with E-state index >= 15 is 0 Å². The summed E-state index contributed by atoms with van der Waals surface area (Å²) in [6, 6.07) is 0. The van der Waals surface area contributed by atoms with E-state index in [-0.39, 0.29) is 23.5 Å². The molecule has 0 aromatic rings. The number of hydrogen-bond acceptors (Lipinski definition) is 4. The standard InChI is InChI=1S/C11H18N2O4/c1-11(2,3)4-5-12-9(14)8-6-7(10(15)16)13-17-8/h8H,4-6H2,1-3H3,(H,12,14)(H,15,16).